The lowest BCUT2D eigenvalue weighted by atomic mass is 10.1. The molecule has 0 spiro atoms. The Kier molecular flexibility index (Phi) is 4.75. The van der Waals surface area contributed by atoms with Gasteiger partial charge in [-0.2, -0.15) is 13.2 Å². The fourth-order valence-electron chi connectivity index (χ4n) is 2.62. The van der Waals surface area contributed by atoms with Crippen molar-refractivity contribution in [3.8, 4) is 0 Å². The van der Waals surface area contributed by atoms with E-state index < -0.39 is 11.7 Å². The van der Waals surface area contributed by atoms with Crippen LogP contribution in [0.2, 0.25) is 0 Å². The monoisotopic (exact) mass is 300 g/mol. The van der Waals surface area contributed by atoms with Gasteiger partial charge in [-0.05, 0) is 36.5 Å². The maximum absolute atomic E-state index is 12.6. The lowest BCUT2D eigenvalue weighted by Gasteiger charge is -2.18. The molecule has 1 aliphatic carbocycles. The number of benzene rings is 1. The molecule has 2 unspecified atom stereocenters. The van der Waals surface area contributed by atoms with Crippen LogP contribution in [-0.2, 0) is 12.7 Å². The first-order valence-corrected chi connectivity index (χ1v) is 7.07. The molecule has 0 aromatic heterocycles. The van der Waals surface area contributed by atoms with Gasteiger partial charge in [-0.3, -0.25) is 0 Å². The Morgan fingerprint density at radius 2 is 2.10 bits per heavy atom. The fraction of sp³-hybridized carbons (Fsp3) is 0.533. The average molecular weight is 300 g/mol. The lowest BCUT2D eigenvalue weighted by Crippen LogP contribution is -2.42. The molecule has 0 heterocycles. The van der Waals surface area contributed by atoms with Crippen LogP contribution in [0.5, 0.6) is 0 Å². The van der Waals surface area contributed by atoms with Gasteiger partial charge in [0.15, 0.2) is 0 Å². The van der Waals surface area contributed by atoms with Crippen molar-refractivity contribution in [1.29, 1.82) is 0 Å². The van der Waals surface area contributed by atoms with Crippen molar-refractivity contribution < 1.29 is 18.0 Å². The summed E-state index contributed by atoms with van der Waals surface area (Å²) in [6, 6.07) is 4.81. The number of rotatable bonds is 3. The highest BCUT2D eigenvalue weighted by molar-refractivity contribution is 5.74. The van der Waals surface area contributed by atoms with Gasteiger partial charge in [0.25, 0.3) is 0 Å². The third-order valence-corrected chi connectivity index (χ3v) is 3.89. The standard InChI is InChI=1S/C15H19F3N2O/c1-10-4-2-7-13(10)20-14(21)19-9-11-5-3-6-12(8-11)15(16,17)18/h3,5-6,8,10,13H,2,4,7,9H2,1H3,(H2,19,20,21). The molecule has 2 atom stereocenters. The van der Waals surface area contributed by atoms with Crippen LogP contribution in [0, 0.1) is 5.92 Å². The van der Waals surface area contributed by atoms with Gasteiger partial charge in [-0.25, -0.2) is 4.79 Å². The number of carbonyl (C=O) groups is 1. The molecule has 0 saturated heterocycles. The van der Waals surface area contributed by atoms with Crippen LogP contribution in [0.1, 0.15) is 37.3 Å². The van der Waals surface area contributed by atoms with Gasteiger partial charge in [0.05, 0.1) is 5.56 Å². The quantitative estimate of drug-likeness (QED) is 0.878. The van der Waals surface area contributed by atoms with Crippen molar-refractivity contribution in [1.82, 2.24) is 10.6 Å². The smallest absolute Gasteiger partial charge is 0.335 e. The van der Waals surface area contributed by atoms with Crippen molar-refractivity contribution in [2.45, 2.75) is 44.9 Å². The maximum Gasteiger partial charge on any atom is 0.416 e. The van der Waals surface area contributed by atoms with E-state index in [9.17, 15) is 18.0 Å². The zero-order valence-electron chi connectivity index (χ0n) is 11.8. The number of hydrogen-bond donors (Lipinski definition) is 2. The Morgan fingerprint density at radius 1 is 1.33 bits per heavy atom. The molecule has 1 aromatic carbocycles. The molecule has 21 heavy (non-hydrogen) atoms. The van der Waals surface area contributed by atoms with E-state index in [2.05, 4.69) is 17.6 Å². The summed E-state index contributed by atoms with van der Waals surface area (Å²) in [5.74, 6) is 0.448. The Balaban J connectivity index is 1.86. The first kappa shape index (κ1) is 15.7. The minimum atomic E-state index is -4.36. The van der Waals surface area contributed by atoms with Gasteiger partial charge in [0.1, 0.15) is 0 Å². The molecule has 2 rings (SSSR count). The third kappa shape index (κ3) is 4.37. The number of hydrogen-bond acceptors (Lipinski definition) is 1. The summed E-state index contributed by atoms with van der Waals surface area (Å²) in [5, 5.41) is 5.48. The summed E-state index contributed by atoms with van der Waals surface area (Å²) in [6.45, 7) is 2.17. The van der Waals surface area contributed by atoms with Gasteiger partial charge < -0.3 is 10.6 Å². The van der Waals surface area contributed by atoms with Crippen LogP contribution in [-0.4, -0.2) is 12.1 Å². The summed E-state index contributed by atoms with van der Waals surface area (Å²) < 4.78 is 37.7. The van der Waals surface area contributed by atoms with E-state index in [1.54, 1.807) is 6.07 Å². The van der Waals surface area contributed by atoms with Gasteiger partial charge >= 0.3 is 12.2 Å². The topological polar surface area (TPSA) is 41.1 Å². The van der Waals surface area contributed by atoms with Crippen LogP contribution < -0.4 is 10.6 Å². The van der Waals surface area contributed by atoms with E-state index in [0.29, 0.717) is 11.5 Å². The Labute approximate surface area is 121 Å². The molecule has 0 bridgehead atoms. The number of amides is 2. The summed E-state index contributed by atoms with van der Waals surface area (Å²) in [4.78, 5) is 11.8. The molecule has 2 amide bonds. The van der Waals surface area contributed by atoms with E-state index in [1.165, 1.54) is 6.07 Å². The lowest BCUT2D eigenvalue weighted by molar-refractivity contribution is -0.137. The van der Waals surface area contributed by atoms with E-state index in [4.69, 9.17) is 0 Å². The first-order valence-electron chi connectivity index (χ1n) is 7.07. The predicted molar refractivity (Wildman–Crippen MR) is 73.6 cm³/mol. The second-order valence-corrected chi connectivity index (χ2v) is 5.54. The Morgan fingerprint density at radius 3 is 2.71 bits per heavy atom. The molecule has 1 saturated carbocycles. The summed E-state index contributed by atoms with van der Waals surface area (Å²) >= 11 is 0. The minimum absolute atomic E-state index is 0.0802. The predicted octanol–water partition coefficient (Wildman–Crippen LogP) is 3.69. The molecule has 1 aliphatic rings. The molecule has 1 fully saturated rings. The maximum atomic E-state index is 12.6. The van der Waals surface area contributed by atoms with Crippen LogP contribution in [0.4, 0.5) is 18.0 Å². The number of alkyl halides is 3. The molecule has 1 aromatic rings. The SMILES string of the molecule is CC1CCCC1NC(=O)NCc1cccc(C(F)(F)F)c1. The second-order valence-electron chi connectivity index (χ2n) is 5.54. The number of nitrogens with one attached hydrogen (secondary N) is 2. The summed E-state index contributed by atoms with van der Waals surface area (Å²) in [6.07, 6.45) is -1.21. The highest BCUT2D eigenvalue weighted by Gasteiger charge is 2.30. The Bertz CT molecular complexity index is 502. The third-order valence-electron chi connectivity index (χ3n) is 3.89. The van der Waals surface area contributed by atoms with Crippen molar-refractivity contribution in [3.05, 3.63) is 35.4 Å². The van der Waals surface area contributed by atoms with Crippen molar-refractivity contribution in [3.63, 3.8) is 0 Å². The van der Waals surface area contributed by atoms with Crippen LogP contribution >= 0.6 is 0 Å². The molecule has 6 heteroatoms. The molecule has 3 nitrogen and oxygen atoms in total. The van der Waals surface area contributed by atoms with E-state index in [1.807, 2.05) is 0 Å². The molecular formula is C15H19F3N2O. The van der Waals surface area contributed by atoms with Crippen molar-refractivity contribution in [2.24, 2.45) is 5.92 Å². The van der Waals surface area contributed by atoms with Crippen molar-refractivity contribution >= 4 is 6.03 Å². The van der Waals surface area contributed by atoms with E-state index in [0.717, 1.165) is 31.4 Å². The molecule has 0 radical (unpaired) electrons. The Hall–Kier alpha value is -1.72. The highest BCUT2D eigenvalue weighted by atomic mass is 19.4. The fourth-order valence-corrected chi connectivity index (χ4v) is 2.62. The van der Waals surface area contributed by atoms with Gasteiger partial charge in [-0.15, -0.1) is 0 Å². The molecule has 0 aliphatic heterocycles. The summed E-state index contributed by atoms with van der Waals surface area (Å²) in [7, 11) is 0. The second kappa shape index (κ2) is 6.37. The van der Waals surface area contributed by atoms with Gasteiger partial charge in [-0.1, -0.05) is 25.5 Å². The van der Waals surface area contributed by atoms with Gasteiger partial charge in [0, 0.05) is 12.6 Å². The van der Waals surface area contributed by atoms with E-state index in [-0.39, 0.29) is 18.6 Å². The average Bonchev–Trinajstić information content (AvgIpc) is 2.81. The normalized spacial score (nSPS) is 22.1. The zero-order chi connectivity index (χ0) is 15.5. The zero-order valence-corrected chi connectivity index (χ0v) is 11.8. The van der Waals surface area contributed by atoms with E-state index >= 15 is 0 Å². The van der Waals surface area contributed by atoms with Crippen molar-refractivity contribution in [2.75, 3.05) is 0 Å². The van der Waals surface area contributed by atoms with Crippen LogP contribution in [0.3, 0.4) is 0 Å². The number of halogens is 3. The summed E-state index contributed by atoms with van der Waals surface area (Å²) in [5.41, 5.74) is -0.272. The van der Waals surface area contributed by atoms with Crippen LogP contribution in [0.15, 0.2) is 24.3 Å². The first-order chi connectivity index (χ1) is 9.86. The van der Waals surface area contributed by atoms with Crippen LogP contribution in [0.25, 0.3) is 0 Å². The number of urea groups is 1. The molecular weight excluding hydrogens is 281 g/mol. The highest BCUT2D eigenvalue weighted by Crippen LogP contribution is 2.29. The largest absolute Gasteiger partial charge is 0.416 e. The van der Waals surface area contributed by atoms with Gasteiger partial charge in [0.2, 0.25) is 0 Å². The molecule has 2 N–H and O–H groups in total. The molecule has 116 valence electrons. The minimum Gasteiger partial charge on any atom is -0.335 e. The number of carbonyl (C=O) groups excluding carboxylic acids is 1.